The van der Waals surface area contributed by atoms with Crippen LogP contribution in [0.15, 0.2) is 0 Å². The summed E-state index contributed by atoms with van der Waals surface area (Å²) >= 11 is 0. The fourth-order valence-corrected chi connectivity index (χ4v) is 1.17. The minimum Gasteiger partial charge on any atom is -0.491 e. The van der Waals surface area contributed by atoms with Gasteiger partial charge in [-0.15, -0.1) is 0 Å². The van der Waals surface area contributed by atoms with Crippen molar-refractivity contribution in [1.29, 1.82) is 0 Å². The average Bonchev–Trinajstić information content (AvgIpc) is 2.16. The molecule has 0 saturated carbocycles. The highest BCUT2D eigenvalue weighted by molar-refractivity contribution is 5.35. The second-order valence-corrected chi connectivity index (χ2v) is 2.88. The second kappa shape index (κ2) is 4.06. The summed E-state index contributed by atoms with van der Waals surface area (Å²) in [6.07, 6.45) is -1.65. The van der Waals surface area contributed by atoms with Gasteiger partial charge in [-0.05, 0) is 6.92 Å². The van der Waals surface area contributed by atoms with E-state index in [2.05, 4.69) is 4.74 Å². The Morgan fingerprint density at radius 1 is 1.00 bits per heavy atom. The van der Waals surface area contributed by atoms with Crippen molar-refractivity contribution in [2.45, 2.75) is 13.0 Å². The van der Waals surface area contributed by atoms with Crippen molar-refractivity contribution in [3.05, 3.63) is 28.8 Å². The van der Waals surface area contributed by atoms with Gasteiger partial charge in [-0.3, -0.25) is 0 Å². The van der Waals surface area contributed by atoms with Crippen LogP contribution in [0.1, 0.15) is 18.6 Å². The minimum atomic E-state index is -1.66. The van der Waals surface area contributed by atoms with Crippen molar-refractivity contribution in [2.24, 2.45) is 0 Å². The highest BCUT2D eigenvalue weighted by Crippen LogP contribution is 2.32. The lowest BCUT2D eigenvalue weighted by Crippen LogP contribution is -2.08. The summed E-state index contributed by atoms with van der Waals surface area (Å²) in [5.74, 6) is -7.77. The van der Waals surface area contributed by atoms with E-state index in [1.165, 1.54) is 0 Å². The molecule has 1 N–H and O–H groups in total. The molecule has 0 aliphatic carbocycles. The summed E-state index contributed by atoms with van der Waals surface area (Å²) in [7, 11) is 0.877. The maximum absolute atomic E-state index is 13.1. The van der Waals surface area contributed by atoms with Crippen LogP contribution in [0.25, 0.3) is 0 Å². The van der Waals surface area contributed by atoms with Gasteiger partial charge in [0.2, 0.25) is 11.6 Å². The van der Waals surface area contributed by atoms with Crippen LogP contribution in [0.3, 0.4) is 0 Å². The molecule has 15 heavy (non-hydrogen) atoms. The monoisotopic (exact) mass is 224 g/mol. The van der Waals surface area contributed by atoms with Gasteiger partial charge < -0.3 is 9.84 Å². The van der Waals surface area contributed by atoms with Gasteiger partial charge in [0.05, 0.1) is 18.8 Å². The number of methoxy groups -OCH3 is 1. The van der Waals surface area contributed by atoms with Gasteiger partial charge in [0.25, 0.3) is 0 Å². The number of hydrogen-bond acceptors (Lipinski definition) is 2. The molecule has 1 rings (SSSR count). The van der Waals surface area contributed by atoms with Crippen LogP contribution in [0.4, 0.5) is 17.6 Å². The number of ether oxygens (including phenoxy) is 1. The van der Waals surface area contributed by atoms with Crippen molar-refractivity contribution in [3.8, 4) is 5.75 Å². The first kappa shape index (κ1) is 11.8. The Bertz CT molecular complexity index is 361. The van der Waals surface area contributed by atoms with E-state index in [1.54, 1.807) is 0 Å². The van der Waals surface area contributed by atoms with Gasteiger partial charge >= 0.3 is 0 Å². The van der Waals surface area contributed by atoms with Crippen molar-refractivity contribution in [3.63, 3.8) is 0 Å². The van der Waals surface area contributed by atoms with Crippen molar-refractivity contribution < 1.29 is 27.4 Å². The number of benzene rings is 1. The third-order valence-corrected chi connectivity index (χ3v) is 1.88. The smallest absolute Gasteiger partial charge is 0.204 e. The van der Waals surface area contributed by atoms with E-state index in [4.69, 9.17) is 5.11 Å². The van der Waals surface area contributed by atoms with E-state index >= 15 is 0 Å². The van der Waals surface area contributed by atoms with E-state index in [0.29, 0.717) is 0 Å². The van der Waals surface area contributed by atoms with Crippen molar-refractivity contribution in [2.75, 3.05) is 7.11 Å². The van der Waals surface area contributed by atoms with Crippen LogP contribution in [-0.2, 0) is 0 Å². The highest BCUT2D eigenvalue weighted by atomic mass is 19.2. The van der Waals surface area contributed by atoms with Crippen molar-refractivity contribution >= 4 is 0 Å². The van der Waals surface area contributed by atoms with Crippen LogP contribution in [0, 0.1) is 23.3 Å². The summed E-state index contributed by atoms with van der Waals surface area (Å²) in [5, 5.41) is 8.94. The molecule has 2 nitrogen and oxygen atoms in total. The molecule has 0 fully saturated rings. The number of aliphatic hydroxyl groups is 1. The number of rotatable bonds is 2. The summed E-state index contributed by atoms with van der Waals surface area (Å²) < 4.78 is 56.5. The predicted octanol–water partition coefficient (Wildman–Crippen LogP) is 2.30. The fraction of sp³-hybridized carbons (Fsp3) is 0.333. The molecule has 1 atom stereocenters. The number of aliphatic hydroxyl groups excluding tert-OH is 1. The fourth-order valence-electron chi connectivity index (χ4n) is 1.17. The van der Waals surface area contributed by atoms with E-state index in [-0.39, 0.29) is 0 Å². The first-order valence-electron chi connectivity index (χ1n) is 3.99. The van der Waals surface area contributed by atoms with Gasteiger partial charge in [0.15, 0.2) is 17.4 Å². The Labute approximate surface area is 83.1 Å². The SMILES string of the molecule is COc1c(F)c(F)c(C(C)O)c(F)c1F. The molecule has 0 radical (unpaired) electrons. The molecule has 0 amide bonds. The third kappa shape index (κ3) is 1.77. The molecule has 1 aromatic carbocycles. The molecule has 0 aromatic heterocycles. The molecule has 0 bridgehead atoms. The Morgan fingerprint density at radius 2 is 1.40 bits per heavy atom. The Balaban J connectivity index is 3.59. The highest BCUT2D eigenvalue weighted by Gasteiger charge is 2.28. The predicted molar refractivity (Wildman–Crippen MR) is 43.5 cm³/mol. The molecular formula is C9H8F4O2. The molecule has 84 valence electrons. The van der Waals surface area contributed by atoms with E-state index < -0.39 is 40.7 Å². The van der Waals surface area contributed by atoms with Crippen LogP contribution < -0.4 is 4.74 Å². The molecule has 0 aliphatic rings. The lowest BCUT2D eigenvalue weighted by atomic mass is 10.1. The van der Waals surface area contributed by atoms with Gasteiger partial charge in [0.1, 0.15) is 0 Å². The Morgan fingerprint density at radius 3 is 1.67 bits per heavy atom. The van der Waals surface area contributed by atoms with Crippen LogP contribution >= 0.6 is 0 Å². The van der Waals surface area contributed by atoms with Gasteiger partial charge in [-0.25, -0.2) is 8.78 Å². The zero-order chi connectivity index (χ0) is 11.7. The summed E-state index contributed by atoms with van der Waals surface area (Å²) in [6, 6.07) is 0. The van der Waals surface area contributed by atoms with Gasteiger partial charge in [0, 0.05) is 0 Å². The van der Waals surface area contributed by atoms with Crippen LogP contribution in [0.5, 0.6) is 5.75 Å². The molecule has 6 heteroatoms. The standard InChI is InChI=1S/C9H8F4O2/c1-3(14)4-5(10)7(12)9(15-2)8(13)6(4)11/h3,14H,1-2H3. The molecule has 1 aromatic rings. The van der Waals surface area contributed by atoms with Gasteiger partial charge in [-0.2, -0.15) is 8.78 Å². The summed E-state index contributed by atoms with van der Waals surface area (Å²) in [5.41, 5.74) is -1.05. The molecule has 0 spiro atoms. The molecule has 1 unspecified atom stereocenters. The summed E-state index contributed by atoms with van der Waals surface area (Å²) in [4.78, 5) is 0. The van der Waals surface area contributed by atoms with E-state index in [1.807, 2.05) is 0 Å². The van der Waals surface area contributed by atoms with Gasteiger partial charge in [-0.1, -0.05) is 0 Å². The quantitative estimate of drug-likeness (QED) is 0.617. The zero-order valence-corrected chi connectivity index (χ0v) is 7.94. The van der Waals surface area contributed by atoms with Crippen molar-refractivity contribution in [1.82, 2.24) is 0 Å². The molecular weight excluding hydrogens is 216 g/mol. The van der Waals surface area contributed by atoms with Crippen LogP contribution in [-0.4, -0.2) is 12.2 Å². The second-order valence-electron chi connectivity index (χ2n) is 2.88. The van der Waals surface area contributed by atoms with Crippen LogP contribution in [0.2, 0.25) is 0 Å². The lowest BCUT2D eigenvalue weighted by Gasteiger charge is -2.12. The maximum atomic E-state index is 13.1. The molecule has 0 heterocycles. The normalized spacial score (nSPS) is 12.7. The number of halogens is 4. The zero-order valence-electron chi connectivity index (χ0n) is 7.94. The maximum Gasteiger partial charge on any atom is 0.204 e. The lowest BCUT2D eigenvalue weighted by molar-refractivity contribution is 0.183. The molecule has 0 aliphatic heterocycles. The first-order chi connectivity index (χ1) is 6.91. The summed E-state index contributed by atoms with van der Waals surface area (Å²) in [6.45, 7) is 0.993. The Hall–Kier alpha value is -1.30. The largest absolute Gasteiger partial charge is 0.491 e. The first-order valence-corrected chi connectivity index (χ1v) is 3.99. The Kier molecular flexibility index (Phi) is 3.18. The minimum absolute atomic E-state index is 0.877. The third-order valence-electron chi connectivity index (χ3n) is 1.88. The average molecular weight is 224 g/mol. The van der Waals surface area contributed by atoms with E-state index in [0.717, 1.165) is 14.0 Å². The molecule has 0 saturated heterocycles. The van der Waals surface area contributed by atoms with E-state index in [9.17, 15) is 17.6 Å². The number of hydrogen-bond donors (Lipinski definition) is 1. The topological polar surface area (TPSA) is 29.5 Å².